The predicted molar refractivity (Wildman–Crippen MR) is 86.8 cm³/mol. The number of hydrogen-bond acceptors (Lipinski definition) is 4. The van der Waals surface area contributed by atoms with Crippen LogP contribution in [-0.2, 0) is 0 Å². The molecule has 0 spiro atoms. The fourth-order valence-corrected chi connectivity index (χ4v) is 2.47. The third kappa shape index (κ3) is 3.10. The molecular formula is C15H10IN3O2. The van der Waals surface area contributed by atoms with Crippen molar-refractivity contribution in [3.05, 3.63) is 64.1 Å². The smallest absolute Gasteiger partial charge is 0.256 e. The Balaban J connectivity index is 1.77. The maximum absolute atomic E-state index is 12.2. The molecule has 0 saturated heterocycles. The largest absolute Gasteiger partial charge is 0.423 e. The van der Waals surface area contributed by atoms with E-state index in [1.165, 1.54) is 6.39 Å². The quantitative estimate of drug-likeness (QED) is 0.693. The Kier molecular flexibility index (Phi) is 3.96. The van der Waals surface area contributed by atoms with Crippen LogP contribution in [0.5, 0.6) is 0 Å². The van der Waals surface area contributed by atoms with E-state index in [2.05, 4.69) is 38.1 Å². The first-order valence-corrected chi connectivity index (χ1v) is 7.24. The lowest BCUT2D eigenvalue weighted by Gasteiger charge is -2.07. The van der Waals surface area contributed by atoms with Gasteiger partial charge >= 0.3 is 0 Å². The van der Waals surface area contributed by atoms with E-state index in [1.54, 1.807) is 18.2 Å². The molecule has 1 aromatic heterocycles. The van der Waals surface area contributed by atoms with Crippen LogP contribution in [0.2, 0.25) is 0 Å². The molecule has 6 heteroatoms. The van der Waals surface area contributed by atoms with E-state index in [0.29, 0.717) is 17.1 Å². The van der Waals surface area contributed by atoms with Crippen LogP contribution in [0.4, 0.5) is 5.69 Å². The van der Waals surface area contributed by atoms with Crippen molar-refractivity contribution in [3.8, 4) is 11.5 Å². The summed E-state index contributed by atoms with van der Waals surface area (Å²) in [5, 5.41) is 10.3. The normalized spacial score (nSPS) is 10.3. The third-order valence-electron chi connectivity index (χ3n) is 2.87. The van der Waals surface area contributed by atoms with Gasteiger partial charge in [-0.05, 0) is 59.0 Å². The van der Waals surface area contributed by atoms with Crippen LogP contribution in [0.15, 0.2) is 59.3 Å². The van der Waals surface area contributed by atoms with Gasteiger partial charge in [-0.1, -0.05) is 12.1 Å². The van der Waals surface area contributed by atoms with Crippen molar-refractivity contribution in [2.45, 2.75) is 0 Å². The topological polar surface area (TPSA) is 68.0 Å². The molecule has 0 aliphatic rings. The number of benzene rings is 2. The van der Waals surface area contributed by atoms with Crippen LogP contribution in [-0.4, -0.2) is 16.1 Å². The van der Waals surface area contributed by atoms with Crippen molar-refractivity contribution < 1.29 is 9.21 Å². The summed E-state index contributed by atoms with van der Waals surface area (Å²) in [7, 11) is 0. The number of rotatable bonds is 3. The predicted octanol–water partition coefficient (Wildman–Crippen LogP) is 3.59. The average Bonchev–Trinajstić information content (AvgIpc) is 3.02. The lowest BCUT2D eigenvalue weighted by Crippen LogP contribution is -2.13. The highest BCUT2D eigenvalue weighted by atomic mass is 127. The Morgan fingerprint density at radius 3 is 2.52 bits per heavy atom. The Morgan fingerprint density at radius 1 is 1.10 bits per heavy atom. The van der Waals surface area contributed by atoms with E-state index in [1.807, 2.05) is 30.3 Å². The summed E-state index contributed by atoms with van der Waals surface area (Å²) in [6, 6.07) is 14.7. The summed E-state index contributed by atoms with van der Waals surface area (Å²) < 4.78 is 6.03. The lowest BCUT2D eigenvalue weighted by atomic mass is 10.2. The Hall–Kier alpha value is -2.22. The van der Waals surface area contributed by atoms with Gasteiger partial charge in [0.05, 0.1) is 5.56 Å². The molecule has 2 aromatic carbocycles. The first-order valence-electron chi connectivity index (χ1n) is 6.16. The number of amides is 1. The van der Waals surface area contributed by atoms with Crippen LogP contribution in [0, 0.1) is 3.57 Å². The zero-order chi connectivity index (χ0) is 14.7. The van der Waals surface area contributed by atoms with Crippen LogP contribution in [0.25, 0.3) is 11.5 Å². The van der Waals surface area contributed by atoms with Crippen molar-refractivity contribution in [1.82, 2.24) is 10.2 Å². The molecule has 1 amide bonds. The first kappa shape index (κ1) is 13.7. The third-order valence-corrected chi connectivity index (χ3v) is 3.81. The molecular weight excluding hydrogens is 381 g/mol. The van der Waals surface area contributed by atoms with Crippen LogP contribution < -0.4 is 5.32 Å². The molecule has 104 valence electrons. The van der Waals surface area contributed by atoms with Gasteiger partial charge in [0, 0.05) is 14.8 Å². The maximum atomic E-state index is 12.2. The van der Waals surface area contributed by atoms with E-state index < -0.39 is 0 Å². The molecule has 1 N–H and O–H groups in total. The molecule has 0 saturated carbocycles. The molecule has 0 aliphatic heterocycles. The van der Waals surface area contributed by atoms with Crippen molar-refractivity contribution >= 4 is 34.2 Å². The molecule has 0 radical (unpaired) electrons. The van der Waals surface area contributed by atoms with E-state index >= 15 is 0 Å². The van der Waals surface area contributed by atoms with Gasteiger partial charge in [-0.25, -0.2) is 0 Å². The molecule has 3 rings (SSSR count). The number of hydrogen-bond donors (Lipinski definition) is 1. The summed E-state index contributed by atoms with van der Waals surface area (Å²) in [6.07, 6.45) is 1.28. The first-order chi connectivity index (χ1) is 10.2. The second-order valence-electron chi connectivity index (χ2n) is 4.26. The number of carbonyl (C=O) groups is 1. The second kappa shape index (κ2) is 6.04. The number of nitrogens with zero attached hydrogens (tertiary/aromatic N) is 2. The Bertz CT molecular complexity index is 755. The fourth-order valence-electron chi connectivity index (χ4n) is 1.84. The van der Waals surface area contributed by atoms with Crippen molar-refractivity contribution in [1.29, 1.82) is 0 Å². The number of nitrogens with one attached hydrogen (secondary N) is 1. The van der Waals surface area contributed by atoms with Crippen molar-refractivity contribution in [3.63, 3.8) is 0 Å². The molecule has 0 fully saturated rings. The van der Waals surface area contributed by atoms with E-state index in [9.17, 15) is 4.79 Å². The maximum Gasteiger partial charge on any atom is 0.256 e. The van der Waals surface area contributed by atoms with Gasteiger partial charge in [0.15, 0.2) is 0 Å². The molecule has 3 aromatic rings. The summed E-state index contributed by atoms with van der Waals surface area (Å²) in [6.45, 7) is 0. The SMILES string of the molecule is O=C(Nc1ccc(-c2nnco2)cc1)c1ccccc1I. The molecule has 0 unspecified atom stereocenters. The van der Waals surface area contributed by atoms with Crippen molar-refractivity contribution in [2.24, 2.45) is 0 Å². The summed E-state index contributed by atoms with van der Waals surface area (Å²) in [5.74, 6) is 0.316. The standard InChI is InChI=1S/C15H10IN3O2/c16-13-4-2-1-3-12(13)14(20)18-11-7-5-10(6-8-11)15-19-17-9-21-15/h1-9H,(H,18,20). The van der Waals surface area contributed by atoms with Gasteiger partial charge in [-0.2, -0.15) is 0 Å². The minimum Gasteiger partial charge on any atom is -0.423 e. The minimum absolute atomic E-state index is 0.134. The van der Waals surface area contributed by atoms with Gasteiger partial charge < -0.3 is 9.73 Å². The Morgan fingerprint density at radius 2 is 1.86 bits per heavy atom. The Labute approximate surface area is 134 Å². The molecule has 1 heterocycles. The minimum atomic E-state index is -0.134. The molecule has 0 aliphatic carbocycles. The van der Waals surface area contributed by atoms with E-state index in [4.69, 9.17) is 4.42 Å². The second-order valence-corrected chi connectivity index (χ2v) is 5.42. The van der Waals surface area contributed by atoms with Gasteiger partial charge in [0.2, 0.25) is 12.3 Å². The highest BCUT2D eigenvalue weighted by Crippen LogP contribution is 2.20. The highest BCUT2D eigenvalue weighted by molar-refractivity contribution is 14.1. The lowest BCUT2D eigenvalue weighted by molar-refractivity contribution is 0.102. The highest BCUT2D eigenvalue weighted by Gasteiger charge is 2.10. The monoisotopic (exact) mass is 391 g/mol. The van der Waals surface area contributed by atoms with Crippen LogP contribution in [0.1, 0.15) is 10.4 Å². The summed E-state index contributed by atoms with van der Waals surface area (Å²) >= 11 is 2.14. The number of halogens is 1. The fraction of sp³-hybridized carbons (Fsp3) is 0. The van der Waals surface area contributed by atoms with E-state index in [0.717, 1.165) is 9.13 Å². The van der Waals surface area contributed by atoms with Crippen LogP contribution >= 0.6 is 22.6 Å². The van der Waals surface area contributed by atoms with E-state index in [-0.39, 0.29) is 5.91 Å². The van der Waals surface area contributed by atoms with Gasteiger partial charge in [-0.3, -0.25) is 4.79 Å². The molecule has 0 bridgehead atoms. The zero-order valence-electron chi connectivity index (χ0n) is 10.8. The van der Waals surface area contributed by atoms with Gasteiger partial charge in [-0.15, -0.1) is 10.2 Å². The van der Waals surface area contributed by atoms with Crippen molar-refractivity contribution in [2.75, 3.05) is 5.32 Å². The van der Waals surface area contributed by atoms with Gasteiger partial charge in [0.1, 0.15) is 0 Å². The summed E-state index contributed by atoms with van der Waals surface area (Å²) in [4.78, 5) is 12.2. The number of anilines is 1. The zero-order valence-corrected chi connectivity index (χ0v) is 12.9. The van der Waals surface area contributed by atoms with Crippen LogP contribution in [0.3, 0.4) is 0 Å². The summed E-state index contributed by atoms with van der Waals surface area (Å²) in [5.41, 5.74) is 2.17. The molecule has 21 heavy (non-hydrogen) atoms. The molecule has 0 atom stereocenters. The molecule has 5 nitrogen and oxygen atoms in total. The number of aromatic nitrogens is 2. The average molecular weight is 391 g/mol. The van der Waals surface area contributed by atoms with Gasteiger partial charge in [0.25, 0.3) is 5.91 Å². The number of carbonyl (C=O) groups excluding carboxylic acids is 1.